The summed E-state index contributed by atoms with van der Waals surface area (Å²) in [7, 11) is -5.22. The molecule has 0 amide bonds. The number of Topliss-reactive ketones (excluding diaryl/α,β-unsaturated/α-hetero) is 1. The van der Waals surface area contributed by atoms with Crippen LogP contribution in [0.2, 0.25) is 12.1 Å². The summed E-state index contributed by atoms with van der Waals surface area (Å²) in [5, 5.41) is 3.35. The molecule has 0 fully saturated rings. The van der Waals surface area contributed by atoms with Crippen molar-refractivity contribution in [1.29, 1.82) is 0 Å². The first-order chi connectivity index (χ1) is 15.0. The number of hydrogen-bond acceptors (Lipinski definition) is 8. The van der Waals surface area contributed by atoms with Crippen LogP contribution in [0.1, 0.15) is 67.2 Å². The van der Waals surface area contributed by atoms with E-state index in [9.17, 15) is 4.79 Å². The van der Waals surface area contributed by atoms with Gasteiger partial charge in [-0.15, -0.1) is 0 Å². The fraction of sp³-hybridized carbons (Fsp3) is 0.952. The van der Waals surface area contributed by atoms with Crippen LogP contribution in [-0.2, 0) is 31.4 Å². The van der Waals surface area contributed by atoms with Gasteiger partial charge in [0.05, 0.1) is 0 Å². The van der Waals surface area contributed by atoms with Gasteiger partial charge >= 0.3 is 17.6 Å². The summed E-state index contributed by atoms with van der Waals surface area (Å²) in [6, 6.07) is 1.46. The van der Waals surface area contributed by atoms with E-state index in [4.69, 9.17) is 26.6 Å². The van der Waals surface area contributed by atoms with Crippen LogP contribution in [0.25, 0.3) is 0 Å². The smallest absolute Gasteiger partial charge is 0.374 e. The number of ketones is 1. The molecular formula is C21H47NO7Si2. The largest absolute Gasteiger partial charge is 0.500 e. The minimum absolute atomic E-state index is 0.251. The molecule has 0 aromatic carbocycles. The van der Waals surface area contributed by atoms with Gasteiger partial charge in [0.15, 0.2) is 0 Å². The molecule has 10 heteroatoms. The van der Waals surface area contributed by atoms with Crippen molar-refractivity contribution in [1.82, 2.24) is 5.32 Å². The number of carbonyl (C=O) groups excluding carboxylic acids is 1. The molecule has 0 aliphatic heterocycles. The first kappa shape index (κ1) is 30.8. The summed E-state index contributed by atoms with van der Waals surface area (Å²) < 4.78 is 35.1. The maximum absolute atomic E-state index is 12.2. The average Bonchev–Trinajstić information content (AvgIpc) is 2.72. The van der Waals surface area contributed by atoms with Crippen molar-refractivity contribution >= 4 is 23.4 Å². The zero-order chi connectivity index (χ0) is 23.4. The molecule has 0 aliphatic rings. The topological polar surface area (TPSA) is 84.5 Å². The minimum Gasteiger partial charge on any atom is -0.374 e. The molecule has 186 valence electrons. The van der Waals surface area contributed by atoms with Crippen molar-refractivity contribution in [2.24, 2.45) is 0 Å². The summed E-state index contributed by atoms with van der Waals surface area (Å²) >= 11 is 0. The standard InChI is InChI=1S/C21H47NO7Si2/c1-7-24-30(25-8-2,26-9-3)19-13-15-21(23)16-18-22-17-14-20-31(27-10-4,28-11-5)29-12-6/h22H,7-20H2,1-6H3. The van der Waals surface area contributed by atoms with Gasteiger partial charge in [-0.05, 0) is 60.9 Å². The van der Waals surface area contributed by atoms with Crippen LogP contribution in [0, 0.1) is 0 Å². The first-order valence-corrected chi connectivity index (χ1v) is 15.9. The molecule has 8 nitrogen and oxygen atoms in total. The molecule has 31 heavy (non-hydrogen) atoms. The normalized spacial score (nSPS) is 12.5. The van der Waals surface area contributed by atoms with Crippen LogP contribution in [0.15, 0.2) is 0 Å². The van der Waals surface area contributed by atoms with E-state index < -0.39 is 17.6 Å². The predicted molar refractivity (Wildman–Crippen MR) is 127 cm³/mol. The van der Waals surface area contributed by atoms with Crippen molar-refractivity contribution in [3.05, 3.63) is 0 Å². The van der Waals surface area contributed by atoms with Crippen LogP contribution in [0.4, 0.5) is 0 Å². The summed E-state index contributed by atoms with van der Waals surface area (Å²) in [4.78, 5) is 12.2. The molecule has 1 N–H and O–H groups in total. The molecule has 0 rings (SSSR count). The third-order valence-electron chi connectivity index (χ3n) is 4.54. The van der Waals surface area contributed by atoms with Gasteiger partial charge in [-0.2, -0.15) is 0 Å². The average molecular weight is 482 g/mol. The quantitative estimate of drug-likeness (QED) is 0.174. The monoisotopic (exact) mass is 481 g/mol. The van der Waals surface area contributed by atoms with Gasteiger partial charge in [0, 0.05) is 71.1 Å². The number of carbonyl (C=O) groups is 1. The Morgan fingerprint density at radius 1 is 0.581 bits per heavy atom. The third-order valence-corrected chi connectivity index (χ3v) is 10.8. The van der Waals surface area contributed by atoms with Gasteiger partial charge in [0.2, 0.25) is 0 Å². The van der Waals surface area contributed by atoms with Gasteiger partial charge in [-0.1, -0.05) is 0 Å². The van der Waals surface area contributed by atoms with Crippen LogP contribution < -0.4 is 5.32 Å². The van der Waals surface area contributed by atoms with E-state index in [1.54, 1.807) is 0 Å². The van der Waals surface area contributed by atoms with Crippen LogP contribution in [0.3, 0.4) is 0 Å². The molecule has 0 bridgehead atoms. The highest BCUT2D eigenvalue weighted by molar-refractivity contribution is 6.61. The van der Waals surface area contributed by atoms with E-state index in [-0.39, 0.29) is 5.78 Å². The Morgan fingerprint density at radius 3 is 1.35 bits per heavy atom. The van der Waals surface area contributed by atoms with Crippen molar-refractivity contribution in [2.75, 3.05) is 52.7 Å². The van der Waals surface area contributed by atoms with Crippen molar-refractivity contribution in [3.63, 3.8) is 0 Å². The van der Waals surface area contributed by atoms with E-state index in [0.29, 0.717) is 65.1 Å². The van der Waals surface area contributed by atoms with Crippen LogP contribution in [-0.4, -0.2) is 76.1 Å². The molecule has 0 atom stereocenters. The van der Waals surface area contributed by atoms with E-state index in [1.807, 2.05) is 41.5 Å². The van der Waals surface area contributed by atoms with Crippen molar-refractivity contribution in [3.8, 4) is 0 Å². The summed E-state index contributed by atoms with van der Waals surface area (Å²) in [6.45, 7) is 16.7. The minimum atomic E-state index is -2.65. The molecule has 0 aromatic rings. The second-order valence-corrected chi connectivity index (χ2v) is 12.4. The van der Waals surface area contributed by atoms with E-state index in [2.05, 4.69) is 5.32 Å². The summed E-state index contributed by atoms with van der Waals surface area (Å²) in [6.07, 6.45) is 2.68. The number of nitrogens with one attached hydrogen (secondary N) is 1. The lowest BCUT2D eigenvalue weighted by Gasteiger charge is -2.28. The van der Waals surface area contributed by atoms with E-state index >= 15 is 0 Å². The van der Waals surface area contributed by atoms with E-state index in [0.717, 1.165) is 25.4 Å². The Kier molecular flexibility index (Phi) is 19.2. The van der Waals surface area contributed by atoms with Crippen molar-refractivity contribution < 1.29 is 31.4 Å². The molecule has 0 heterocycles. The molecular weight excluding hydrogens is 434 g/mol. The fourth-order valence-corrected chi connectivity index (χ4v) is 8.64. The Bertz CT molecular complexity index is 410. The van der Waals surface area contributed by atoms with Gasteiger partial charge in [0.25, 0.3) is 0 Å². The zero-order valence-electron chi connectivity index (χ0n) is 20.8. The maximum atomic E-state index is 12.2. The highest BCUT2D eigenvalue weighted by Crippen LogP contribution is 2.20. The molecule has 0 unspecified atom stereocenters. The highest BCUT2D eigenvalue weighted by Gasteiger charge is 2.40. The van der Waals surface area contributed by atoms with Gasteiger partial charge < -0.3 is 31.9 Å². The Morgan fingerprint density at radius 2 is 0.968 bits per heavy atom. The second kappa shape index (κ2) is 19.3. The van der Waals surface area contributed by atoms with Crippen LogP contribution in [0.5, 0.6) is 0 Å². The Labute approximate surface area is 192 Å². The van der Waals surface area contributed by atoms with E-state index in [1.165, 1.54) is 0 Å². The van der Waals surface area contributed by atoms with Gasteiger partial charge in [0.1, 0.15) is 5.78 Å². The molecule has 0 radical (unpaired) electrons. The number of rotatable bonds is 23. The lowest BCUT2D eigenvalue weighted by atomic mass is 10.2. The lowest BCUT2D eigenvalue weighted by Crippen LogP contribution is -2.46. The Hall–Kier alpha value is -0.176. The highest BCUT2D eigenvalue weighted by atomic mass is 28.4. The number of hydrogen-bond donors (Lipinski definition) is 1. The lowest BCUT2D eigenvalue weighted by molar-refractivity contribution is -0.119. The summed E-state index contributed by atoms with van der Waals surface area (Å²) in [5.41, 5.74) is 0. The molecule has 0 aromatic heterocycles. The van der Waals surface area contributed by atoms with Gasteiger partial charge in [-0.25, -0.2) is 0 Å². The molecule has 0 spiro atoms. The fourth-order valence-electron chi connectivity index (χ4n) is 3.41. The second-order valence-electron chi connectivity index (χ2n) is 6.96. The van der Waals surface area contributed by atoms with Crippen LogP contribution >= 0.6 is 0 Å². The molecule has 0 saturated heterocycles. The van der Waals surface area contributed by atoms with Gasteiger partial charge in [-0.3, -0.25) is 4.79 Å². The Balaban J connectivity index is 4.18. The third kappa shape index (κ3) is 13.9. The van der Waals surface area contributed by atoms with Crippen molar-refractivity contribution in [2.45, 2.75) is 79.3 Å². The maximum Gasteiger partial charge on any atom is 0.500 e. The molecule has 0 aliphatic carbocycles. The summed E-state index contributed by atoms with van der Waals surface area (Å²) in [5.74, 6) is 0.251. The SMILES string of the molecule is CCO[Si](CCCNCCC(=O)CCC[Si](OCC)(OCC)OCC)(OCC)OCC. The predicted octanol–water partition coefficient (Wildman–Crippen LogP) is 3.80. The first-order valence-electron chi connectivity index (χ1n) is 12.0. The molecule has 0 saturated carbocycles. The zero-order valence-corrected chi connectivity index (χ0v) is 22.8.